The van der Waals surface area contributed by atoms with Gasteiger partial charge in [0.05, 0.1) is 33.8 Å². The number of aliphatic imine (C=N–C) groups is 1. The number of hydrogen-bond acceptors (Lipinski definition) is 4. The minimum absolute atomic E-state index is 0.0205. The molecule has 1 atom stereocenters. The Morgan fingerprint density at radius 1 is 0.526 bits per heavy atom. The molecule has 57 heavy (non-hydrogen) atoms. The molecule has 7 aromatic carbocycles. The van der Waals surface area contributed by atoms with Crippen LogP contribution in [0.25, 0.3) is 81.8 Å². The third-order valence-electron chi connectivity index (χ3n) is 11.5. The molecule has 0 saturated heterocycles. The highest BCUT2D eigenvalue weighted by atomic mass is 32.2. The Kier molecular flexibility index (Phi) is 7.16. The third kappa shape index (κ3) is 4.97. The van der Waals surface area contributed by atoms with Gasteiger partial charge in [-0.25, -0.2) is 4.99 Å². The summed E-state index contributed by atoms with van der Waals surface area (Å²) < 4.78 is 4.73. The van der Waals surface area contributed by atoms with E-state index in [1.54, 1.807) is 0 Å². The summed E-state index contributed by atoms with van der Waals surface area (Å²) in [7, 11) is 0. The minimum Gasteiger partial charge on any atom is -0.344 e. The van der Waals surface area contributed by atoms with Gasteiger partial charge in [0.1, 0.15) is 0 Å². The van der Waals surface area contributed by atoms with Crippen molar-refractivity contribution in [3.63, 3.8) is 0 Å². The molecule has 2 aliphatic heterocycles. The molecular weight excluding hydrogens is 715 g/mol. The number of benzene rings is 7. The molecule has 0 saturated carbocycles. The second kappa shape index (κ2) is 12.7. The summed E-state index contributed by atoms with van der Waals surface area (Å²) in [5, 5.41) is 11.2. The second-order valence-corrected chi connectivity index (χ2v) is 15.7. The van der Waals surface area contributed by atoms with Crippen LogP contribution in [0, 0.1) is 0 Å². The van der Waals surface area contributed by atoms with Crippen molar-refractivity contribution in [3.8, 4) is 16.8 Å². The standard InChI is InChI=1S/C51H33N5S/c1-3-13-33(14-4-1)46-31-42-50(57-46)48(34-15-5-2-6-16-34)54-51(53-42)56-44-24-23-35(30-41(44)47-37-17-8-7-12-32(37)22-25-45(47)56)38-19-11-20-40-39-18-9-10-21-43(39)55(49(38)40)36-26-28-52-29-27-36/h1-31,42H,(H,53,54). The Balaban J connectivity index is 1.11. The Morgan fingerprint density at radius 2 is 1.23 bits per heavy atom. The van der Waals surface area contributed by atoms with Gasteiger partial charge in [0.25, 0.3) is 0 Å². The van der Waals surface area contributed by atoms with E-state index in [9.17, 15) is 0 Å². The molecule has 6 heteroatoms. The van der Waals surface area contributed by atoms with Gasteiger partial charge in [-0.15, -0.1) is 0 Å². The van der Waals surface area contributed by atoms with Gasteiger partial charge in [0.2, 0.25) is 5.96 Å². The zero-order chi connectivity index (χ0) is 37.5. The molecule has 1 unspecified atom stereocenters. The highest BCUT2D eigenvalue weighted by Crippen LogP contribution is 2.48. The molecule has 2 aliphatic rings. The molecule has 12 rings (SSSR count). The summed E-state index contributed by atoms with van der Waals surface area (Å²) >= 11 is 1.82. The van der Waals surface area contributed by atoms with E-state index in [4.69, 9.17) is 4.99 Å². The lowest BCUT2D eigenvalue weighted by molar-refractivity contribution is 0.835. The summed E-state index contributed by atoms with van der Waals surface area (Å²) in [6, 6.07) is 61.0. The fraction of sp³-hybridized carbons (Fsp3) is 0.0196. The van der Waals surface area contributed by atoms with Crippen molar-refractivity contribution in [2.45, 2.75) is 6.04 Å². The molecule has 0 bridgehead atoms. The van der Waals surface area contributed by atoms with Crippen LogP contribution in [-0.4, -0.2) is 26.1 Å². The monoisotopic (exact) mass is 747 g/mol. The molecule has 268 valence electrons. The molecule has 3 aromatic heterocycles. The molecule has 0 amide bonds. The van der Waals surface area contributed by atoms with Gasteiger partial charge in [0, 0.05) is 60.6 Å². The quantitative estimate of drug-likeness (QED) is 0.195. The molecule has 0 aliphatic carbocycles. The smallest absolute Gasteiger partial charge is 0.209 e. The van der Waals surface area contributed by atoms with Crippen LogP contribution in [0.2, 0.25) is 0 Å². The fourth-order valence-corrected chi connectivity index (χ4v) is 10.2. The Morgan fingerprint density at radius 3 is 2.07 bits per heavy atom. The number of hydrogen-bond donors (Lipinski definition) is 1. The number of para-hydroxylation sites is 2. The van der Waals surface area contributed by atoms with Crippen LogP contribution >= 0.6 is 11.8 Å². The average Bonchev–Trinajstić information content (AvgIpc) is 3.97. The van der Waals surface area contributed by atoms with Crippen molar-refractivity contribution >= 4 is 82.7 Å². The predicted octanol–water partition coefficient (Wildman–Crippen LogP) is 12.4. The highest BCUT2D eigenvalue weighted by Gasteiger charge is 2.33. The number of pyridine rings is 1. The largest absolute Gasteiger partial charge is 0.344 e. The maximum absolute atomic E-state index is 5.52. The first kappa shape index (κ1) is 32.1. The summed E-state index contributed by atoms with van der Waals surface area (Å²) in [6.07, 6.45) is 6.10. The summed E-state index contributed by atoms with van der Waals surface area (Å²) in [6.45, 7) is 0. The van der Waals surface area contributed by atoms with E-state index in [0.717, 1.165) is 39.5 Å². The van der Waals surface area contributed by atoms with E-state index in [1.807, 2.05) is 24.2 Å². The zero-order valence-corrected chi connectivity index (χ0v) is 31.5. The zero-order valence-electron chi connectivity index (χ0n) is 30.7. The number of nitrogens with one attached hydrogen (secondary N) is 1. The fourth-order valence-electron chi connectivity index (χ4n) is 8.95. The molecule has 1 N–H and O–H groups in total. The molecule has 0 spiro atoms. The Labute approximate surface area is 332 Å². The van der Waals surface area contributed by atoms with E-state index >= 15 is 0 Å². The van der Waals surface area contributed by atoms with Crippen molar-refractivity contribution in [2.24, 2.45) is 4.99 Å². The van der Waals surface area contributed by atoms with Gasteiger partial charge >= 0.3 is 0 Å². The number of fused-ring (bicyclic) bond motifs is 9. The molecule has 5 nitrogen and oxygen atoms in total. The topological polar surface area (TPSA) is 47.1 Å². The van der Waals surface area contributed by atoms with Crippen LogP contribution in [0.1, 0.15) is 11.1 Å². The van der Waals surface area contributed by atoms with Crippen molar-refractivity contribution < 1.29 is 0 Å². The van der Waals surface area contributed by atoms with Gasteiger partial charge in [-0.3, -0.25) is 9.55 Å². The first-order chi connectivity index (χ1) is 28.3. The summed E-state index contributed by atoms with van der Waals surface area (Å²) in [5.41, 5.74) is 11.3. The van der Waals surface area contributed by atoms with Crippen LogP contribution in [0.3, 0.4) is 0 Å². The third-order valence-corrected chi connectivity index (χ3v) is 12.7. The number of aromatic nitrogens is 3. The number of rotatable bonds is 4. The number of thioether (sulfide) groups is 1. The normalized spacial score (nSPS) is 15.4. The summed E-state index contributed by atoms with van der Waals surface area (Å²) in [4.78, 5) is 12.3. The minimum atomic E-state index is -0.0205. The molecule has 0 fully saturated rings. The van der Waals surface area contributed by atoms with Gasteiger partial charge in [-0.1, -0.05) is 145 Å². The van der Waals surface area contributed by atoms with E-state index in [0.29, 0.717) is 0 Å². The average molecular weight is 748 g/mol. The van der Waals surface area contributed by atoms with Crippen LogP contribution in [-0.2, 0) is 0 Å². The Hall–Kier alpha value is -7.15. The van der Waals surface area contributed by atoms with Crippen LogP contribution < -0.4 is 5.32 Å². The van der Waals surface area contributed by atoms with Crippen LogP contribution in [0.15, 0.2) is 198 Å². The molecule has 0 radical (unpaired) electrons. The predicted molar refractivity (Wildman–Crippen MR) is 240 cm³/mol. The van der Waals surface area contributed by atoms with Crippen molar-refractivity contribution in [3.05, 3.63) is 204 Å². The first-order valence-electron chi connectivity index (χ1n) is 19.3. The van der Waals surface area contributed by atoms with Gasteiger partial charge in [-0.2, -0.15) is 0 Å². The lowest BCUT2D eigenvalue weighted by Crippen LogP contribution is -2.40. The SMILES string of the molecule is C1=C(c2ccccc2)SC2=C(c3ccccc3)N=C(n3c4ccc(-c5cccc6c7ccccc7n(-c7ccncc7)c56)cc4c4c5ccccc5ccc43)NC12. The van der Waals surface area contributed by atoms with Gasteiger partial charge < -0.3 is 9.88 Å². The molecule has 10 aromatic rings. The van der Waals surface area contributed by atoms with Gasteiger partial charge in [-0.05, 0) is 64.4 Å². The van der Waals surface area contributed by atoms with E-state index in [-0.39, 0.29) is 6.04 Å². The van der Waals surface area contributed by atoms with Crippen LogP contribution in [0.4, 0.5) is 0 Å². The van der Waals surface area contributed by atoms with Gasteiger partial charge in [0.15, 0.2) is 0 Å². The Bertz CT molecular complexity index is 3340. The van der Waals surface area contributed by atoms with Crippen LogP contribution in [0.5, 0.6) is 0 Å². The number of nitrogens with zero attached hydrogens (tertiary/aromatic N) is 4. The molecular formula is C51H33N5S. The lowest BCUT2D eigenvalue weighted by atomic mass is 9.98. The summed E-state index contributed by atoms with van der Waals surface area (Å²) in [5.74, 6) is 0.816. The van der Waals surface area contributed by atoms with Crippen molar-refractivity contribution in [1.82, 2.24) is 19.4 Å². The first-order valence-corrected chi connectivity index (χ1v) is 20.1. The van der Waals surface area contributed by atoms with E-state index in [2.05, 4.69) is 195 Å². The molecule has 5 heterocycles. The maximum Gasteiger partial charge on any atom is 0.209 e. The lowest BCUT2D eigenvalue weighted by Gasteiger charge is -2.25. The second-order valence-electron chi connectivity index (χ2n) is 14.6. The van der Waals surface area contributed by atoms with Crippen molar-refractivity contribution in [1.29, 1.82) is 0 Å². The van der Waals surface area contributed by atoms with E-state index < -0.39 is 0 Å². The van der Waals surface area contributed by atoms with Crippen molar-refractivity contribution in [2.75, 3.05) is 0 Å². The maximum atomic E-state index is 5.52. The van der Waals surface area contributed by atoms with E-state index in [1.165, 1.54) is 64.3 Å². The highest BCUT2D eigenvalue weighted by molar-refractivity contribution is 8.12.